The third-order valence-electron chi connectivity index (χ3n) is 24.0. The van der Waals surface area contributed by atoms with Gasteiger partial charge in [0.25, 0.3) is 47.3 Å². The van der Waals surface area contributed by atoms with Crippen LogP contribution in [0.2, 0.25) is 0 Å². The van der Waals surface area contributed by atoms with Crippen LogP contribution in [-0.2, 0) is 99.2 Å². The number of allylic oxidation sites excluding steroid dienone is 1. The van der Waals surface area contributed by atoms with Crippen molar-refractivity contribution in [1.29, 1.82) is 0 Å². The zero-order valence-electron chi connectivity index (χ0n) is 77.9. The van der Waals surface area contributed by atoms with Gasteiger partial charge >= 0.3 is 127 Å². The molecular weight excluding hydrogens is 1880 g/mol. The average Bonchev–Trinajstić information content (AvgIpc) is 1.62. The number of nitrogens with zero attached hydrogens (tertiary/aromatic N) is 4. The fourth-order valence-electron chi connectivity index (χ4n) is 17.1. The summed E-state index contributed by atoms with van der Waals surface area (Å²) in [7, 11) is 2.47. The van der Waals surface area contributed by atoms with Crippen LogP contribution in [0.15, 0.2) is 207 Å². The predicted octanol–water partition coefficient (Wildman–Crippen LogP) is 5.74. The molecule has 0 unspecified atom stereocenters. The molecule has 0 spiro atoms. The van der Waals surface area contributed by atoms with Gasteiger partial charge in [-0.3, -0.25) is 98.0 Å². The maximum absolute atomic E-state index is 12.9. The number of H-pyrrole nitrogens is 4. The second-order valence-electron chi connectivity index (χ2n) is 32.9. The third-order valence-corrected chi connectivity index (χ3v) is 24.0. The average molecular weight is 1980 g/mol. The van der Waals surface area contributed by atoms with Gasteiger partial charge in [-0.2, -0.15) is 0 Å². The fraction of sp³-hybridized carbons (Fsp3) is 0.267. The minimum atomic E-state index is -1.33. The Hall–Kier alpha value is -13.0. The molecule has 40 heteroatoms. The molecule has 38 nitrogen and oxygen atoms in total. The molecule has 4 atom stereocenters. The molecule has 12 amide bonds. The number of aliphatic carboxylic acids is 2. The second kappa shape index (κ2) is 53.6. The number of aryl methyl sites for hydroxylation is 4. The topological polar surface area (TPSA) is 597 Å². The fourth-order valence-corrected chi connectivity index (χ4v) is 17.1. The zero-order valence-corrected chi connectivity index (χ0v) is 84.2. The number of carbonyl (C=O) groups excluding carboxylic acids is 14. The largest absolute Gasteiger partial charge is 1.00 e. The first-order valence-corrected chi connectivity index (χ1v) is 44.2. The first-order valence-electron chi connectivity index (χ1n) is 44.2. The van der Waals surface area contributed by atoms with E-state index >= 15 is 0 Å². The molecule has 8 aromatic carbocycles. The van der Waals surface area contributed by atoms with Crippen molar-refractivity contribution in [3.05, 3.63) is 296 Å². The van der Waals surface area contributed by atoms with E-state index in [2.05, 4.69) is 26.5 Å². The number of amides is 12. The van der Waals surface area contributed by atoms with Crippen molar-refractivity contribution in [3.63, 3.8) is 0 Å². The van der Waals surface area contributed by atoms with Crippen molar-refractivity contribution in [2.24, 2.45) is 0 Å². The summed E-state index contributed by atoms with van der Waals surface area (Å²) in [4.78, 5) is 213. The monoisotopic (exact) mass is 1980 g/mol. The molecule has 0 aliphatic carbocycles. The van der Waals surface area contributed by atoms with Gasteiger partial charge in [0, 0.05) is 120 Å². The Morgan fingerprint density at radius 3 is 0.688 bits per heavy atom. The number of hydrogen-bond donors (Lipinski definition) is 14. The van der Waals surface area contributed by atoms with E-state index in [1.165, 1.54) is 38.5 Å². The van der Waals surface area contributed by atoms with Crippen molar-refractivity contribution in [3.8, 4) is 0 Å². The summed E-state index contributed by atoms with van der Waals surface area (Å²) in [6.45, 7) is 5.25. The number of carboxylic acid groups (broad SMARTS) is 2. The van der Waals surface area contributed by atoms with Crippen LogP contribution in [0.4, 0.5) is 0 Å². The molecule has 4 aromatic heterocycles. The number of esters is 2. The van der Waals surface area contributed by atoms with E-state index in [0.717, 1.165) is 148 Å². The second-order valence-corrected chi connectivity index (χ2v) is 32.9. The summed E-state index contributed by atoms with van der Waals surface area (Å²) in [6, 6.07) is 44.3. The molecule has 12 aromatic rings. The van der Waals surface area contributed by atoms with Gasteiger partial charge in [0.2, 0.25) is 23.6 Å². The van der Waals surface area contributed by atoms with Crippen LogP contribution in [0.25, 0.3) is 43.6 Å². The Bertz CT molecular complexity index is 6130. The number of carbonyl (C=O) groups is 16. The molecule has 0 bridgehead atoms. The van der Waals surface area contributed by atoms with Gasteiger partial charge in [-0.25, -0.2) is 41.1 Å². The number of aromatic amines is 4. The van der Waals surface area contributed by atoms with Crippen LogP contribution < -0.4 is 125 Å². The van der Waals surface area contributed by atoms with Crippen LogP contribution in [0, 0.1) is 0 Å². The number of fused-ring (bicyclic) bond motifs is 8. The molecule has 4 aliphatic rings. The van der Waals surface area contributed by atoms with Gasteiger partial charge in [-0.05, 0) is 201 Å². The molecule has 0 fully saturated rings. The first kappa shape index (κ1) is 113. The van der Waals surface area contributed by atoms with E-state index in [-0.39, 0.29) is 210 Å². The Kier molecular flexibility index (Phi) is 43.1. The molecule has 0 saturated carbocycles. The summed E-state index contributed by atoms with van der Waals surface area (Å²) in [5.41, 5.74) is 19.1. The molecule has 0 saturated heterocycles. The van der Waals surface area contributed by atoms with Crippen molar-refractivity contribution in [2.45, 2.75) is 160 Å². The predicted molar refractivity (Wildman–Crippen MR) is 500 cm³/mol. The van der Waals surface area contributed by atoms with Gasteiger partial charge in [0.05, 0.1) is 58.7 Å². The van der Waals surface area contributed by atoms with Gasteiger partial charge in [-0.1, -0.05) is 103 Å². The molecule has 726 valence electrons. The quantitative estimate of drug-likeness (QED) is 0.00423. The maximum Gasteiger partial charge on any atom is 1.00 e. The Morgan fingerprint density at radius 1 is 0.326 bits per heavy atom. The number of ether oxygens (including phenoxy) is 2. The number of hydrogen-bond acceptors (Lipinski definition) is 24. The van der Waals surface area contributed by atoms with Gasteiger partial charge in [-0.15, -0.1) is 6.58 Å². The number of nitrogens with one attached hydrogen (secondary N) is 8. The molecule has 4 aliphatic heterocycles. The first-order chi connectivity index (χ1) is 66.1. The van der Waals surface area contributed by atoms with Crippen molar-refractivity contribution in [2.75, 3.05) is 14.2 Å². The minimum Gasteiger partial charge on any atom is -0.870 e. The van der Waals surface area contributed by atoms with E-state index in [0.29, 0.717) is 36.8 Å². The van der Waals surface area contributed by atoms with Gasteiger partial charge in [0.15, 0.2) is 0 Å². The molecule has 0 radical (unpaired) electrons. The third kappa shape index (κ3) is 27.0. The van der Waals surface area contributed by atoms with Crippen LogP contribution >= 0.6 is 0 Å². The SMILES string of the molecule is C=CC.COC(=O)[C@H](Cc1c[nH]c2cc(CCCCC(=O)NO)ccc12)N1C(=O)c2ccccc2C1=O.COC(=O)[C@H](Cc1c[nH]c2cc(CCCCC(=O)NO)ccc12)N1C(=O)c2ccccc2C1=O.O=C(CCCCc1ccc2c(C[C@@H](C(=O)O)N3C(=O)c4ccccc4C3=O)c[nH]c2c1)NO.O=C(CCCCc1ccc2c(C[C@@H](C(=O)O)N3C(=O)c4ccccc4C3=O)c[nH]c2c1)NO.[K+].[K+].[OH-].[OH-]. The summed E-state index contributed by atoms with van der Waals surface area (Å²) in [5.74, 6) is -9.85. The molecule has 141 heavy (non-hydrogen) atoms. The minimum absolute atomic E-state index is 0. The van der Waals surface area contributed by atoms with E-state index in [9.17, 15) is 86.9 Å². The van der Waals surface area contributed by atoms with E-state index in [4.69, 9.17) is 30.3 Å². The number of imide groups is 4. The molecule has 8 heterocycles. The Balaban J connectivity index is 0.000000226. The van der Waals surface area contributed by atoms with E-state index < -0.39 is 119 Å². The summed E-state index contributed by atoms with van der Waals surface area (Å²) < 4.78 is 9.88. The summed E-state index contributed by atoms with van der Waals surface area (Å²) in [5, 5.41) is 57.3. The standard InChI is InChI=1S/2C25H25N3O6.2C24H23N3O6.C3H6.2K.2H2O/c2*1-34-25(32)21(28-23(30)18-7-3-4-8-19(18)24(28)31)13-16-14-26-20-12-15(10-11-17(16)20)6-2-5-9-22(29)27-33;2*28-21(26-33)8-4-1-5-14-9-10-16-15(13-25-19(16)11-14)12-20(24(31)32)27-22(29)17-6-2-3-7-18(17)23(27)30;1-3-2;;;;/h2*3-4,7-8,10-12,14,21,26,33H,2,5-6,9,13H2,1H3,(H,27,29);2*2-3,6-7,9-11,13,20,25,33H,1,4-5,8,12H2,(H,26,28)(H,31,32);3H,1H2,2H3;;;2*1H2/q;;;;;2*+1;;/p-2/t2*21-;2*20-;;;;;/m0000...../s1. The Labute approximate surface area is 892 Å². The van der Waals surface area contributed by atoms with Crippen molar-refractivity contribution >= 4 is 138 Å². The summed E-state index contributed by atoms with van der Waals surface area (Å²) >= 11 is 0. The molecular formula is C101H104K2N12O26. The zero-order chi connectivity index (χ0) is 98.3. The van der Waals surface area contributed by atoms with Crippen LogP contribution in [0.5, 0.6) is 0 Å². The van der Waals surface area contributed by atoms with E-state index in [1.54, 1.807) is 126 Å². The number of benzene rings is 8. The number of rotatable bonds is 36. The number of unbranched alkanes of at least 4 members (excludes halogenated alkanes) is 4. The van der Waals surface area contributed by atoms with Crippen molar-refractivity contribution in [1.82, 2.24) is 61.5 Å². The van der Waals surface area contributed by atoms with Crippen LogP contribution in [-0.4, -0.2) is 215 Å². The number of hydroxylamine groups is 4. The number of carboxylic acids is 2. The van der Waals surface area contributed by atoms with E-state index in [1.807, 2.05) is 79.7 Å². The van der Waals surface area contributed by atoms with Crippen LogP contribution in [0.1, 0.15) is 211 Å². The normalized spacial score (nSPS) is 13.2. The molecule has 16 N–H and O–H groups in total. The summed E-state index contributed by atoms with van der Waals surface area (Å²) in [6.07, 6.45) is 18.7. The Morgan fingerprint density at radius 2 is 0.511 bits per heavy atom. The van der Waals surface area contributed by atoms with Crippen molar-refractivity contribution < 1.29 is 231 Å². The van der Waals surface area contributed by atoms with Gasteiger partial charge < -0.3 is 50.6 Å². The number of methoxy groups -OCH3 is 2. The maximum atomic E-state index is 12.9. The number of aromatic nitrogens is 4. The van der Waals surface area contributed by atoms with Crippen LogP contribution in [0.3, 0.4) is 0 Å². The van der Waals surface area contributed by atoms with Gasteiger partial charge in [0.1, 0.15) is 24.2 Å². The molecule has 16 rings (SSSR count). The smallest absolute Gasteiger partial charge is 0.870 e.